The Morgan fingerprint density at radius 2 is 2.50 bits per heavy atom. The Kier molecular flexibility index (Phi) is 3.14. The van der Waals surface area contributed by atoms with Crippen molar-refractivity contribution >= 4 is 13.6 Å². The molecule has 0 unspecified atom stereocenters. The normalized spacial score (nSPS) is 18.8. The summed E-state index contributed by atoms with van der Waals surface area (Å²) < 4.78 is 0. The minimum atomic E-state index is 0.111. The second kappa shape index (κ2) is 4.14. The van der Waals surface area contributed by atoms with Gasteiger partial charge in [0.2, 0.25) is 0 Å². The van der Waals surface area contributed by atoms with Crippen molar-refractivity contribution in [3.8, 4) is 0 Å². The summed E-state index contributed by atoms with van der Waals surface area (Å²) in [6.45, 7) is 1.92. The number of hydrogen-bond donors (Lipinski definition) is 1. The van der Waals surface area contributed by atoms with Crippen LogP contribution in [0.15, 0.2) is 23.3 Å². The van der Waals surface area contributed by atoms with E-state index in [-0.39, 0.29) is 5.92 Å². The van der Waals surface area contributed by atoms with Crippen molar-refractivity contribution in [3.05, 3.63) is 23.3 Å². The predicted molar refractivity (Wildman–Crippen MR) is 50.8 cm³/mol. The van der Waals surface area contributed by atoms with Crippen LogP contribution in [-0.2, 0) is 4.79 Å². The Labute approximate surface area is 73.8 Å². The molecule has 0 aromatic heterocycles. The molecule has 1 heterocycles. The molecule has 1 radical (unpaired) electrons. The van der Waals surface area contributed by atoms with Crippen molar-refractivity contribution in [2.45, 2.75) is 19.7 Å². The number of aldehydes is 1. The number of carbonyl (C=O) groups is 1. The van der Waals surface area contributed by atoms with Crippen molar-refractivity contribution in [1.82, 2.24) is 0 Å². The van der Waals surface area contributed by atoms with E-state index in [0.29, 0.717) is 0 Å². The second-order valence-electron chi connectivity index (χ2n) is 3.21. The van der Waals surface area contributed by atoms with Crippen LogP contribution in [0.5, 0.6) is 0 Å². The molecular weight excluding hydrogens is 149 g/mol. The minimum absolute atomic E-state index is 0.111. The largest absolute Gasteiger partial charge is 0.403 e. The Morgan fingerprint density at radius 1 is 1.75 bits per heavy atom. The average Bonchev–Trinajstić information content (AvgIpc) is 2.09. The maximum Gasteiger partial charge on any atom is 0.152 e. The summed E-state index contributed by atoms with van der Waals surface area (Å²) in [5.41, 5.74) is 7.67. The number of nitrogens with two attached hydrogens (primary N) is 1. The first-order valence-corrected chi connectivity index (χ1v) is 4.16. The lowest BCUT2D eigenvalue weighted by atomic mass is 9.61. The Morgan fingerprint density at radius 3 is 3.00 bits per heavy atom. The molecule has 0 amide bonds. The maximum absolute atomic E-state index is 10.4. The van der Waals surface area contributed by atoms with Crippen LogP contribution >= 0.6 is 0 Å². The fourth-order valence-electron chi connectivity index (χ4n) is 1.17. The van der Waals surface area contributed by atoms with Crippen LogP contribution < -0.4 is 5.73 Å². The average molecular weight is 162 g/mol. The number of allylic oxidation sites excluding steroid dienone is 4. The van der Waals surface area contributed by atoms with E-state index in [1.165, 1.54) is 5.47 Å². The van der Waals surface area contributed by atoms with E-state index in [2.05, 4.69) is 7.28 Å². The van der Waals surface area contributed by atoms with Crippen LogP contribution in [0.1, 0.15) is 13.3 Å². The smallest absolute Gasteiger partial charge is 0.152 e. The summed E-state index contributed by atoms with van der Waals surface area (Å²) >= 11 is 0. The van der Waals surface area contributed by atoms with Gasteiger partial charge in [0, 0.05) is 11.6 Å². The minimum Gasteiger partial charge on any atom is -0.403 e. The van der Waals surface area contributed by atoms with Gasteiger partial charge in [0.1, 0.15) is 6.29 Å². The molecule has 2 N–H and O–H groups in total. The van der Waals surface area contributed by atoms with Crippen LogP contribution in [0, 0.1) is 5.92 Å². The van der Waals surface area contributed by atoms with E-state index in [1.54, 1.807) is 0 Å². The van der Waals surface area contributed by atoms with Gasteiger partial charge >= 0.3 is 0 Å². The summed E-state index contributed by atoms with van der Waals surface area (Å²) in [6, 6.07) is 0. The highest BCUT2D eigenvalue weighted by Crippen LogP contribution is 2.15. The highest BCUT2D eigenvalue weighted by molar-refractivity contribution is 6.46. The molecule has 1 rings (SSSR count). The molecule has 1 atom stereocenters. The fourth-order valence-corrected chi connectivity index (χ4v) is 1.17. The van der Waals surface area contributed by atoms with Crippen LogP contribution in [-0.4, -0.2) is 13.6 Å². The van der Waals surface area contributed by atoms with Gasteiger partial charge in [-0.2, -0.15) is 0 Å². The van der Waals surface area contributed by atoms with Crippen LogP contribution in [0.25, 0.3) is 0 Å². The molecule has 2 nitrogen and oxygen atoms in total. The van der Waals surface area contributed by atoms with Crippen LogP contribution in [0.4, 0.5) is 0 Å². The summed E-state index contributed by atoms with van der Waals surface area (Å²) in [5.74, 6) is 0.111. The van der Waals surface area contributed by atoms with Gasteiger partial charge in [-0.05, 0) is 18.8 Å². The van der Waals surface area contributed by atoms with Crippen LogP contribution in [0.2, 0.25) is 6.32 Å². The van der Waals surface area contributed by atoms with Crippen molar-refractivity contribution in [2.75, 3.05) is 0 Å². The number of rotatable bonds is 3. The van der Waals surface area contributed by atoms with E-state index in [9.17, 15) is 4.79 Å². The van der Waals surface area contributed by atoms with Gasteiger partial charge in [0.15, 0.2) is 7.28 Å². The standard InChI is InChI=1S/C9H13BNO/c1-7(6-12)4-8-2-3-9(11)5-10-8/h2-3,6-7H,4-5,11H2,1H3/t7-/m0/s1. The number of carbonyl (C=O) groups excluding carboxylic acids is 1. The molecule has 0 aromatic carbocycles. The molecule has 0 bridgehead atoms. The lowest BCUT2D eigenvalue weighted by Crippen LogP contribution is -2.10. The highest BCUT2D eigenvalue weighted by atomic mass is 16.1. The van der Waals surface area contributed by atoms with E-state index in [0.717, 1.165) is 24.7 Å². The predicted octanol–water partition coefficient (Wildman–Crippen LogP) is 1.07. The zero-order valence-electron chi connectivity index (χ0n) is 7.29. The lowest BCUT2D eigenvalue weighted by Gasteiger charge is -2.11. The quantitative estimate of drug-likeness (QED) is 0.498. The Balaban J connectivity index is 2.49. The van der Waals surface area contributed by atoms with E-state index in [4.69, 9.17) is 5.73 Å². The zero-order chi connectivity index (χ0) is 8.97. The monoisotopic (exact) mass is 162 g/mol. The molecule has 63 valence electrons. The van der Waals surface area contributed by atoms with Crippen molar-refractivity contribution in [1.29, 1.82) is 0 Å². The van der Waals surface area contributed by atoms with Crippen LogP contribution in [0.3, 0.4) is 0 Å². The molecule has 1 aliphatic rings. The molecule has 1 aliphatic heterocycles. The topological polar surface area (TPSA) is 43.1 Å². The summed E-state index contributed by atoms with van der Waals surface area (Å²) in [4.78, 5) is 10.4. The summed E-state index contributed by atoms with van der Waals surface area (Å²) in [7, 11) is 2.08. The van der Waals surface area contributed by atoms with Gasteiger partial charge in [-0.15, -0.1) is 5.47 Å². The summed E-state index contributed by atoms with van der Waals surface area (Å²) in [5, 5.41) is 0. The van der Waals surface area contributed by atoms with E-state index in [1.807, 2.05) is 19.1 Å². The van der Waals surface area contributed by atoms with Gasteiger partial charge in [0.05, 0.1) is 0 Å². The molecule has 0 aliphatic carbocycles. The van der Waals surface area contributed by atoms with Crippen molar-refractivity contribution < 1.29 is 4.79 Å². The Hall–Kier alpha value is -0.985. The van der Waals surface area contributed by atoms with Gasteiger partial charge in [-0.3, -0.25) is 0 Å². The molecule has 12 heavy (non-hydrogen) atoms. The van der Waals surface area contributed by atoms with E-state index < -0.39 is 0 Å². The SMILES string of the molecule is C[C@H](C=O)CC1=CC=C(N)C[B]1. The third kappa shape index (κ3) is 2.57. The van der Waals surface area contributed by atoms with E-state index >= 15 is 0 Å². The molecule has 0 spiro atoms. The summed E-state index contributed by atoms with van der Waals surface area (Å²) in [6.07, 6.45) is 6.52. The highest BCUT2D eigenvalue weighted by Gasteiger charge is 2.08. The van der Waals surface area contributed by atoms with Gasteiger partial charge in [0.25, 0.3) is 0 Å². The number of hydrogen-bond acceptors (Lipinski definition) is 2. The van der Waals surface area contributed by atoms with Gasteiger partial charge in [-0.25, -0.2) is 0 Å². The lowest BCUT2D eigenvalue weighted by molar-refractivity contribution is -0.110. The molecule has 0 aromatic rings. The first-order valence-electron chi connectivity index (χ1n) is 4.16. The van der Waals surface area contributed by atoms with Crippen molar-refractivity contribution in [3.63, 3.8) is 0 Å². The fraction of sp³-hybridized carbons (Fsp3) is 0.444. The van der Waals surface area contributed by atoms with Gasteiger partial charge in [-0.1, -0.05) is 13.0 Å². The molecule has 3 heteroatoms. The maximum atomic E-state index is 10.4. The molecular formula is C9H13BNO. The van der Waals surface area contributed by atoms with Gasteiger partial charge < -0.3 is 10.5 Å². The first-order chi connectivity index (χ1) is 5.72. The zero-order valence-corrected chi connectivity index (χ0v) is 7.29. The first kappa shape index (κ1) is 9.11. The molecule has 0 saturated heterocycles. The second-order valence-corrected chi connectivity index (χ2v) is 3.21. The third-order valence-corrected chi connectivity index (χ3v) is 1.90. The Bertz CT molecular complexity index is 233. The third-order valence-electron chi connectivity index (χ3n) is 1.90. The van der Waals surface area contributed by atoms with Crippen molar-refractivity contribution in [2.24, 2.45) is 11.7 Å². The molecule has 0 fully saturated rings. The molecule has 0 saturated carbocycles.